The van der Waals surface area contributed by atoms with Crippen molar-refractivity contribution in [1.29, 1.82) is 0 Å². The summed E-state index contributed by atoms with van der Waals surface area (Å²) in [4.78, 5) is 0. The second-order valence-corrected chi connectivity index (χ2v) is 3.84. The first-order valence-corrected chi connectivity index (χ1v) is 4.67. The van der Waals surface area contributed by atoms with Gasteiger partial charge in [0.25, 0.3) is 0 Å². The number of halogens is 2. The zero-order valence-electron chi connectivity index (χ0n) is 6.51. The van der Waals surface area contributed by atoms with Crippen LogP contribution in [-0.4, -0.2) is 5.21 Å². The first-order valence-electron chi connectivity index (χ1n) is 3.49. The van der Waals surface area contributed by atoms with Gasteiger partial charge in [-0.05, 0) is 24.6 Å². The SMILES string of the molecule is CC(NO)c1ccc(Br)cc1Cl. The molecule has 2 nitrogen and oxygen atoms in total. The molecule has 1 aromatic rings. The van der Waals surface area contributed by atoms with Gasteiger partial charge in [-0.2, -0.15) is 5.48 Å². The Hall–Kier alpha value is -0.0900. The first kappa shape index (κ1) is 9.99. The summed E-state index contributed by atoms with van der Waals surface area (Å²) in [6.07, 6.45) is 0. The number of benzene rings is 1. The van der Waals surface area contributed by atoms with Gasteiger partial charge in [0, 0.05) is 9.50 Å². The van der Waals surface area contributed by atoms with Crippen LogP contribution >= 0.6 is 27.5 Å². The molecule has 4 heteroatoms. The van der Waals surface area contributed by atoms with E-state index >= 15 is 0 Å². The summed E-state index contributed by atoms with van der Waals surface area (Å²) in [5.74, 6) is 0. The van der Waals surface area contributed by atoms with Crippen LogP contribution in [0.4, 0.5) is 0 Å². The molecule has 1 rings (SSSR count). The number of hydroxylamine groups is 1. The molecule has 0 aromatic heterocycles. The van der Waals surface area contributed by atoms with E-state index in [9.17, 15) is 0 Å². The maximum absolute atomic E-state index is 8.66. The molecule has 1 atom stereocenters. The van der Waals surface area contributed by atoms with E-state index in [1.807, 2.05) is 19.1 Å². The van der Waals surface area contributed by atoms with Crippen molar-refractivity contribution in [2.24, 2.45) is 0 Å². The van der Waals surface area contributed by atoms with Crippen molar-refractivity contribution >= 4 is 27.5 Å². The molecule has 2 N–H and O–H groups in total. The molecule has 0 aliphatic carbocycles. The second kappa shape index (κ2) is 4.23. The van der Waals surface area contributed by atoms with E-state index in [4.69, 9.17) is 16.8 Å². The molecule has 12 heavy (non-hydrogen) atoms. The molecule has 66 valence electrons. The van der Waals surface area contributed by atoms with Crippen LogP contribution < -0.4 is 5.48 Å². The molecule has 0 spiro atoms. The quantitative estimate of drug-likeness (QED) is 0.791. The summed E-state index contributed by atoms with van der Waals surface area (Å²) in [5.41, 5.74) is 3.02. The number of hydrogen-bond donors (Lipinski definition) is 2. The topological polar surface area (TPSA) is 32.3 Å². The summed E-state index contributed by atoms with van der Waals surface area (Å²) in [6.45, 7) is 1.83. The van der Waals surface area contributed by atoms with E-state index in [0.717, 1.165) is 10.0 Å². The largest absolute Gasteiger partial charge is 0.316 e. The third kappa shape index (κ3) is 2.20. The molecule has 0 heterocycles. The average Bonchev–Trinajstić information content (AvgIpc) is 2.03. The van der Waals surface area contributed by atoms with Crippen molar-refractivity contribution in [1.82, 2.24) is 5.48 Å². The number of hydrogen-bond acceptors (Lipinski definition) is 2. The van der Waals surface area contributed by atoms with Crippen LogP contribution in [0.25, 0.3) is 0 Å². The van der Waals surface area contributed by atoms with Crippen molar-refractivity contribution in [2.75, 3.05) is 0 Å². The van der Waals surface area contributed by atoms with Gasteiger partial charge < -0.3 is 5.21 Å². The Morgan fingerprint density at radius 3 is 2.75 bits per heavy atom. The van der Waals surface area contributed by atoms with Crippen LogP contribution in [0, 0.1) is 0 Å². The van der Waals surface area contributed by atoms with Crippen LogP contribution in [0.15, 0.2) is 22.7 Å². The molecule has 0 radical (unpaired) electrons. The lowest BCUT2D eigenvalue weighted by Gasteiger charge is -2.10. The molecule has 0 bridgehead atoms. The van der Waals surface area contributed by atoms with Crippen LogP contribution in [0.1, 0.15) is 18.5 Å². The molecule has 0 saturated carbocycles. The smallest absolute Gasteiger partial charge is 0.0555 e. The van der Waals surface area contributed by atoms with Gasteiger partial charge in [0.2, 0.25) is 0 Å². The highest BCUT2D eigenvalue weighted by Gasteiger charge is 2.07. The Kier molecular flexibility index (Phi) is 3.53. The zero-order chi connectivity index (χ0) is 9.14. The predicted octanol–water partition coefficient (Wildman–Crippen LogP) is 3.14. The van der Waals surface area contributed by atoms with E-state index in [2.05, 4.69) is 21.4 Å². The van der Waals surface area contributed by atoms with Crippen LogP contribution in [0.3, 0.4) is 0 Å². The third-order valence-corrected chi connectivity index (χ3v) is 2.44. The lowest BCUT2D eigenvalue weighted by atomic mass is 10.1. The van der Waals surface area contributed by atoms with Gasteiger partial charge in [-0.15, -0.1) is 0 Å². The molecular formula is C8H9BrClNO. The zero-order valence-corrected chi connectivity index (χ0v) is 8.85. The average molecular weight is 251 g/mol. The van der Waals surface area contributed by atoms with Crippen molar-refractivity contribution in [3.8, 4) is 0 Å². The monoisotopic (exact) mass is 249 g/mol. The standard InChI is InChI=1S/C8H9BrClNO/c1-5(11-12)7-3-2-6(9)4-8(7)10/h2-5,11-12H,1H3. The van der Waals surface area contributed by atoms with Crippen molar-refractivity contribution < 1.29 is 5.21 Å². The van der Waals surface area contributed by atoms with Crippen LogP contribution in [0.5, 0.6) is 0 Å². The van der Waals surface area contributed by atoms with E-state index in [1.165, 1.54) is 0 Å². The van der Waals surface area contributed by atoms with Gasteiger partial charge in [0.05, 0.1) is 6.04 Å². The Balaban J connectivity index is 3.01. The summed E-state index contributed by atoms with van der Waals surface area (Å²) in [6, 6.07) is 5.39. The molecule has 0 aliphatic rings. The molecule has 1 aromatic carbocycles. The fraction of sp³-hybridized carbons (Fsp3) is 0.250. The summed E-state index contributed by atoms with van der Waals surface area (Å²) in [7, 11) is 0. The highest BCUT2D eigenvalue weighted by molar-refractivity contribution is 9.10. The van der Waals surface area contributed by atoms with Gasteiger partial charge in [-0.3, -0.25) is 0 Å². The van der Waals surface area contributed by atoms with Crippen molar-refractivity contribution in [3.63, 3.8) is 0 Å². The Labute approximate surface area is 84.6 Å². The number of nitrogens with one attached hydrogen (secondary N) is 1. The Bertz CT molecular complexity index is 280. The fourth-order valence-electron chi connectivity index (χ4n) is 0.922. The van der Waals surface area contributed by atoms with Crippen molar-refractivity contribution in [2.45, 2.75) is 13.0 Å². The van der Waals surface area contributed by atoms with E-state index in [0.29, 0.717) is 5.02 Å². The molecule has 0 amide bonds. The minimum Gasteiger partial charge on any atom is -0.316 e. The highest BCUT2D eigenvalue weighted by atomic mass is 79.9. The van der Waals surface area contributed by atoms with E-state index < -0.39 is 0 Å². The predicted molar refractivity (Wildman–Crippen MR) is 52.5 cm³/mol. The van der Waals surface area contributed by atoms with E-state index in [1.54, 1.807) is 6.07 Å². The summed E-state index contributed by atoms with van der Waals surface area (Å²) < 4.78 is 0.932. The minimum atomic E-state index is -0.148. The van der Waals surface area contributed by atoms with Gasteiger partial charge in [-0.25, -0.2) is 0 Å². The van der Waals surface area contributed by atoms with Gasteiger partial charge in [0.15, 0.2) is 0 Å². The first-order chi connectivity index (χ1) is 5.65. The third-order valence-electron chi connectivity index (χ3n) is 1.62. The van der Waals surface area contributed by atoms with E-state index in [-0.39, 0.29) is 6.04 Å². The minimum absolute atomic E-state index is 0.148. The normalized spacial score (nSPS) is 13.0. The summed E-state index contributed by atoms with van der Waals surface area (Å²) in [5, 5.41) is 9.30. The van der Waals surface area contributed by atoms with Crippen molar-refractivity contribution in [3.05, 3.63) is 33.3 Å². The molecule has 0 aliphatic heterocycles. The maximum atomic E-state index is 8.66. The van der Waals surface area contributed by atoms with Gasteiger partial charge in [-0.1, -0.05) is 33.6 Å². The summed E-state index contributed by atoms with van der Waals surface area (Å²) >= 11 is 9.22. The highest BCUT2D eigenvalue weighted by Crippen LogP contribution is 2.25. The molecular weight excluding hydrogens is 241 g/mol. The molecule has 1 unspecified atom stereocenters. The molecule has 0 fully saturated rings. The van der Waals surface area contributed by atoms with Gasteiger partial charge in [0.1, 0.15) is 0 Å². The van der Waals surface area contributed by atoms with Crippen LogP contribution in [0.2, 0.25) is 5.02 Å². The van der Waals surface area contributed by atoms with Gasteiger partial charge >= 0.3 is 0 Å². The lowest BCUT2D eigenvalue weighted by Crippen LogP contribution is -2.13. The fourth-order valence-corrected chi connectivity index (χ4v) is 1.76. The molecule has 0 saturated heterocycles. The maximum Gasteiger partial charge on any atom is 0.0555 e. The Morgan fingerprint density at radius 1 is 1.58 bits per heavy atom. The lowest BCUT2D eigenvalue weighted by molar-refractivity contribution is 0.133. The van der Waals surface area contributed by atoms with Crippen LogP contribution in [-0.2, 0) is 0 Å². The second-order valence-electron chi connectivity index (χ2n) is 2.52. The Morgan fingerprint density at radius 2 is 2.25 bits per heavy atom. The number of rotatable bonds is 2.